The van der Waals surface area contributed by atoms with E-state index in [0.29, 0.717) is 35.0 Å². The van der Waals surface area contributed by atoms with Crippen LogP contribution in [-0.2, 0) is 6.54 Å². The first kappa shape index (κ1) is 22.0. The van der Waals surface area contributed by atoms with Crippen molar-refractivity contribution in [1.82, 2.24) is 15.2 Å². The summed E-state index contributed by atoms with van der Waals surface area (Å²) in [4.78, 5) is 30.3. The van der Waals surface area contributed by atoms with Crippen LogP contribution < -0.4 is 10.1 Å². The van der Waals surface area contributed by atoms with Gasteiger partial charge in [-0.25, -0.2) is 9.37 Å². The summed E-state index contributed by atoms with van der Waals surface area (Å²) in [7, 11) is 3.30. The molecule has 0 atom stereocenters. The summed E-state index contributed by atoms with van der Waals surface area (Å²) >= 11 is 0. The van der Waals surface area contributed by atoms with Crippen LogP contribution in [0.1, 0.15) is 37.7 Å². The van der Waals surface area contributed by atoms with Crippen molar-refractivity contribution in [3.8, 4) is 11.5 Å². The van der Waals surface area contributed by atoms with Gasteiger partial charge in [-0.3, -0.25) is 9.59 Å². The molecule has 7 heteroatoms. The highest BCUT2D eigenvalue weighted by molar-refractivity contribution is 5.97. The van der Waals surface area contributed by atoms with E-state index in [1.165, 1.54) is 17.0 Å². The number of amides is 2. The van der Waals surface area contributed by atoms with Crippen LogP contribution in [0.2, 0.25) is 0 Å². The van der Waals surface area contributed by atoms with Crippen molar-refractivity contribution in [1.29, 1.82) is 0 Å². The van der Waals surface area contributed by atoms with Gasteiger partial charge in [0.25, 0.3) is 11.8 Å². The van der Waals surface area contributed by atoms with Crippen molar-refractivity contribution in [2.75, 3.05) is 14.1 Å². The van der Waals surface area contributed by atoms with Gasteiger partial charge in [0, 0.05) is 20.6 Å². The highest BCUT2D eigenvalue weighted by atomic mass is 19.1. The van der Waals surface area contributed by atoms with Crippen LogP contribution in [0.4, 0.5) is 4.39 Å². The van der Waals surface area contributed by atoms with Gasteiger partial charge in [0.1, 0.15) is 23.0 Å². The molecule has 2 aromatic carbocycles. The number of carbonyl (C=O) groups excluding carboxylic acids is 2. The molecule has 3 rings (SSSR count). The van der Waals surface area contributed by atoms with E-state index < -0.39 is 0 Å². The molecule has 0 saturated heterocycles. The predicted octanol–water partition coefficient (Wildman–Crippen LogP) is 4.26. The van der Waals surface area contributed by atoms with Gasteiger partial charge in [-0.05, 0) is 67.4 Å². The van der Waals surface area contributed by atoms with Crippen LogP contribution in [0, 0.1) is 19.7 Å². The van der Waals surface area contributed by atoms with Gasteiger partial charge in [-0.2, -0.15) is 0 Å². The molecule has 0 aliphatic carbocycles. The zero-order valence-corrected chi connectivity index (χ0v) is 17.9. The molecule has 6 nitrogen and oxygen atoms in total. The fraction of sp³-hybridized carbons (Fsp3) is 0.208. The number of ether oxygens (including phenoxy) is 1. The van der Waals surface area contributed by atoms with Crippen LogP contribution in [0.15, 0.2) is 54.6 Å². The van der Waals surface area contributed by atoms with E-state index in [2.05, 4.69) is 10.3 Å². The van der Waals surface area contributed by atoms with Gasteiger partial charge in [0.15, 0.2) is 0 Å². The molecule has 0 aliphatic rings. The number of benzene rings is 2. The lowest BCUT2D eigenvalue weighted by molar-refractivity contribution is 0.0820. The largest absolute Gasteiger partial charge is 0.457 e. The highest BCUT2D eigenvalue weighted by Crippen LogP contribution is 2.26. The zero-order chi connectivity index (χ0) is 22.5. The number of pyridine rings is 1. The minimum Gasteiger partial charge on any atom is -0.457 e. The molecule has 0 unspecified atom stereocenters. The molecule has 0 saturated carbocycles. The number of hydrogen-bond donors (Lipinski definition) is 1. The van der Waals surface area contributed by atoms with E-state index in [1.807, 2.05) is 25.1 Å². The Morgan fingerprint density at radius 3 is 2.35 bits per heavy atom. The van der Waals surface area contributed by atoms with Crippen LogP contribution in [0.5, 0.6) is 11.5 Å². The molecular formula is C24H24FN3O3. The normalized spacial score (nSPS) is 10.5. The van der Waals surface area contributed by atoms with Crippen molar-refractivity contribution in [2.24, 2.45) is 0 Å². The summed E-state index contributed by atoms with van der Waals surface area (Å²) < 4.78 is 18.8. The van der Waals surface area contributed by atoms with Crippen molar-refractivity contribution < 1.29 is 18.7 Å². The van der Waals surface area contributed by atoms with Crippen molar-refractivity contribution in [2.45, 2.75) is 20.4 Å². The molecule has 1 heterocycles. The van der Waals surface area contributed by atoms with E-state index in [-0.39, 0.29) is 17.6 Å². The summed E-state index contributed by atoms with van der Waals surface area (Å²) in [6.07, 6.45) is 0. The molecule has 0 radical (unpaired) electrons. The second-order valence-corrected chi connectivity index (χ2v) is 7.37. The molecule has 1 N–H and O–H groups in total. The third-order valence-electron chi connectivity index (χ3n) is 4.69. The predicted molar refractivity (Wildman–Crippen MR) is 116 cm³/mol. The van der Waals surface area contributed by atoms with Gasteiger partial charge in [0.2, 0.25) is 0 Å². The molecule has 0 aliphatic heterocycles. The Balaban J connectivity index is 1.64. The average molecular weight is 421 g/mol. The number of aryl methyl sites for hydroxylation is 2. The molecule has 2 amide bonds. The molecule has 1 aromatic heterocycles. The Kier molecular flexibility index (Phi) is 6.65. The summed E-state index contributed by atoms with van der Waals surface area (Å²) in [6, 6.07) is 14.6. The topological polar surface area (TPSA) is 71.5 Å². The van der Waals surface area contributed by atoms with Gasteiger partial charge < -0.3 is 15.0 Å². The highest BCUT2D eigenvalue weighted by Gasteiger charge is 2.15. The Bertz CT molecular complexity index is 1110. The van der Waals surface area contributed by atoms with Gasteiger partial charge in [0.05, 0.1) is 11.3 Å². The van der Waals surface area contributed by atoms with Crippen LogP contribution >= 0.6 is 0 Å². The lowest BCUT2D eigenvalue weighted by Gasteiger charge is -2.13. The quantitative estimate of drug-likeness (QED) is 0.646. The molecule has 3 aromatic rings. The molecule has 160 valence electrons. The first-order chi connectivity index (χ1) is 14.7. The zero-order valence-electron chi connectivity index (χ0n) is 17.9. The minimum atomic E-state index is -0.320. The van der Waals surface area contributed by atoms with Gasteiger partial charge in [-0.15, -0.1) is 0 Å². The van der Waals surface area contributed by atoms with E-state index in [4.69, 9.17) is 4.74 Å². The summed E-state index contributed by atoms with van der Waals surface area (Å²) in [5.41, 5.74) is 3.00. The summed E-state index contributed by atoms with van der Waals surface area (Å²) in [6.45, 7) is 3.93. The molecular weight excluding hydrogens is 397 g/mol. The Hall–Kier alpha value is -3.74. The number of rotatable bonds is 6. The fourth-order valence-electron chi connectivity index (χ4n) is 2.99. The SMILES string of the molecule is Cc1cc(CNC(=O)c2ccc(C(=O)N(C)C)nc2C)ccc1Oc1ccc(F)cc1. The van der Waals surface area contributed by atoms with Crippen LogP contribution in [-0.4, -0.2) is 35.8 Å². The van der Waals surface area contributed by atoms with Crippen LogP contribution in [0.3, 0.4) is 0 Å². The number of hydrogen-bond acceptors (Lipinski definition) is 4. The Morgan fingerprint density at radius 2 is 1.74 bits per heavy atom. The number of halogens is 1. The third kappa shape index (κ3) is 5.45. The third-order valence-corrected chi connectivity index (χ3v) is 4.69. The summed E-state index contributed by atoms with van der Waals surface area (Å²) in [5.74, 6) is 0.402. The molecule has 31 heavy (non-hydrogen) atoms. The van der Waals surface area contributed by atoms with Gasteiger partial charge >= 0.3 is 0 Å². The Morgan fingerprint density at radius 1 is 1.03 bits per heavy atom. The maximum atomic E-state index is 13.0. The molecule has 0 spiro atoms. The van der Waals surface area contributed by atoms with Crippen molar-refractivity contribution >= 4 is 11.8 Å². The second kappa shape index (κ2) is 9.38. The lowest BCUT2D eigenvalue weighted by atomic mass is 10.1. The molecule has 0 fully saturated rings. The molecule has 0 bridgehead atoms. The second-order valence-electron chi connectivity index (χ2n) is 7.37. The smallest absolute Gasteiger partial charge is 0.271 e. The van der Waals surface area contributed by atoms with E-state index in [9.17, 15) is 14.0 Å². The maximum absolute atomic E-state index is 13.0. The van der Waals surface area contributed by atoms with E-state index in [1.54, 1.807) is 45.3 Å². The fourth-order valence-corrected chi connectivity index (χ4v) is 2.99. The standard InChI is InChI=1S/C24H24FN3O3/c1-15-13-17(5-12-22(15)31-19-8-6-18(25)7-9-19)14-26-23(29)20-10-11-21(27-16(20)2)24(30)28(3)4/h5-13H,14H2,1-4H3,(H,26,29). The first-order valence-electron chi connectivity index (χ1n) is 9.75. The summed E-state index contributed by atoms with van der Waals surface area (Å²) in [5, 5.41) is 2.87. The van der Waals surface area contributed by atoms with Crippen LogP contribution in [0.25, 0.3) is 0 Å². The Labute approximate surface area is 180 Å². The first-order valence-corrected chi connectivity index (χ1v) is 9.75. The average Bonchev–Trinajstić information content (AvgIpc) is 2.74. The monoisotopic (exact) mass is 421 g/mol. The lowest BCUT2D eigenvalue weighted by Crippen LogP contribution is -2.26. The van der Waals surface area contributed by atoms with Crippen molar-refractivity contribution in [3.63, 3.8) is 0 Å². The number of nitrogens with zero attached hydrogens (tertiary/aromatic N) is 2. The maximum Gasteiger partial charge on any atom is 0.271 e. The van der Waals surface area contributed by atoms with Crippen molar-refractivity contribution in [3.05, 3.63) is 88.5 Å². The number of nitrogens with one attached hydrogen (secondary N) is 1. The van der Waals surface area contributed by atoms with E-state index >= 15 is 0 Å². The minimum absolute atomic E-state index is 0.214. The van der Waals surface area contributed by atoms with E-state index in [0.717, 1.165) is 11.1 Å². The van der Waals surface area contributed by atoms with Gasteiger partial charge in [-0.1, -0.05) is 12.1 Å². The number of aromatic nitrogens is 1. The number of carbonyl (C=O) groups is 2.